The van der Waals surface area contributed by atoms with Crippen molar-refractivity contribution in [3.05, 3.63) is 23.9 Å². The molecule has 0 radical (unpaired) electrons. The normalized spacial score (nSPS) is 21.8. The lowest BCUT2D eigenvalue weighted by Gasteiger charge is -2.38. The average molecular weight is 410 g/mol. The third kappa shape index (κ3) is 4.81. The van der Waals surface area contributed by atoms with Crippen LogP contribution in [-0.2, 0) is 19.4 Å². The Hall–Kier alpha value is -2.16. The van der Waals surface area contributed by atoms with Crippen LogP contribution in [-0.4, -0.2) is 67.5 Å². The van der Waals surface area contributed by atoms with Gasteiger partial charge >= 0.3 is 5.97 Å². The first-order chi connectivity index (χ1) is 13.4. The van der Waals surface area contributed by atoms with E-state index in [1.165, 1.54) is 19.4 Å². The maximum absolute atomic E-state index is 12.9. The van der Waals surface area contributed by atoms with Gasteiger partial charge in [-0.25, -0.2) is 18.2 Å². The third-order valence-electron chi connectivity index (χ3n) is 5.37. The summed E-state index contributed by atoms with van der Waals surface area (Å²) in [4.78, 5) is 30.9. The second kappa shape index (κ2) is 8.89. The highest BCUT2D eigenvalue weighted by atomic mass is 32.2. The standard InChI is InChI=1S/C19H26N2O6S/c1-26-18-16(8-5-10-20-18)19(23)27-12-17(22)21(14-6-3-2-4-7-14)15-9-11-28(24,25)13-15/h5,8,10,14-15H,2-4,6-7,9,11-13H2,1H3. The molecule has 1 aliphatic heterocycles. The van der Waals surface area contributed by atoms with E-state index in [0.717, 1.165) is 32.1 Å². The number of aromatic nitrogens is 1. The topological polar surface area (TPSA) is 103 Å². The van der Waals surface area contributed by atoms with Crippen LogP contribution < -0.4 is 4.74 Å². The number of esters is 1. The molecule has 1 aliphatic carbocycles. The maximum atomic E-state index is 12.9. The van der Waals surface area contributed by atoms with Crippen LogP contribution in [0.5, 0.6) is 5.88 Å². The summed E-state index contributed by atoms with van der Waals surface area (Å²) in [5, 5.41) is 0. The molecule has 0 bridgehead atoms. The molecule has 1 saturated heterocycles. The predicted octanol–water partition coefficient (Wildman–Crippen LogP) is 1.60. The highest BCUT2D eigenvalue weighted by molar-refractivity contribution is 7.91. The van der Waals surface area contributed by atoms with Crippen LogP contribution in [0.15, 0.2) is 18.3 Å². The van der Waals surface area contributed by atoms with Gasteiger partial charge in [0.25, 0.3) is 5.91 Å². The molecule has 9 heteroatoms. The van der Waals surface area contributed by atoms with Crippen molar-refractivity contribution in [1.82, 2.24) is 9.88 Å². The molecule has 1 saturated carbocycles. The summed E-state index contributed by atoms with van der Waals surface area (Å²) in [7, 11) is -1.72. The Morgan fingerprint density at radius 3 is 2.57 bits per heavy atom. The van der Waals surface area contributed by atoms with Gasteiger partial charge in [0.15, 0.2) is 16.4 Å². The van der Waals surface area contributed by atoms with Gasteiger partial charge in [-0.05, 0) is 31.4 Å². The van der Waals surface area contributed by atoms with Crippen molar-refractivity contribution in [3.8, 4) is 5.88 Å². The monoisotopic (exact) mass is 410 g/mol. The molecule has 0 spiro atoms. The summed E-state index contributed by atoms with van der Waals surface area (Å²) in [6, 6.07) is 2.76. The van der Waals surface area contributed by atoms with Crippen molar-refractivity contribution < 1.29 is 27.5 Å². The number of nitrogens with zero attached hydrogens (tertiary/aromatic N) is 2. The van der Waals surface area contributed by atoms with Crippen LogP contribution in [0, 0.1) is 0 Å². The number of carbonyl (C=O) groups is 2. The SMILES string of the molecule is COc1ncccc1C(=O)OCC(=O)N(C1CCCCC1)C1CCS(=O)(=O)C1. The molecule has 3 rings (SSSR count). The Balaban J connectivity index is 1.69. The number of ether oxygens (including phenoxy) is 2. The van der Waals surface area contributed by atoms with Crippen molar-refractivity contribution in [3.63, 3.8) is 0 Å². The Labute approximate surface area is 165 Å². The van der Waals surface area contributed by atoms with Gasteiger partial charge in [0, 0.05) is 18.3 Å². The number of sulfone groups is 1. The van der Waals surface area contributed by atoms with E-state index >= 15 is 0 Å². The van der Waals surface area contributed by atoms with Gasteiger partial charge in [0.05, 0.1) is 18.6 Å². The Kier molecular flexibility index (Phi) is 6.53. The van der Waals surface area contributed by atoms with Crippen LogP contribution >= 0.6 is 0 Å². The smallest absolute Gasteiger partial charge is 0.344 e. The Morgan fingerprint density at radius 2 is 1.93 bits per heavy atom. The van der Waals surface area contributed by atoms with E-state index in [2.05, 4.69) is 4.98 Å². The number of pyridine rings is 1. The Bertz CT molecular complexity index is 819. The number of amides is 1. The quantitative estimate of drug-likeness (QED) is 0.656. The third-order valence-corrected chi connectivity index (χ3v) is 7.12. The first-order valence-electron chi connectivity index (χ1n) is 9.59. The van der Waals surface area contributed by atoms with Gasteiger partial charge in [0.2, 0.25) is 5.88 Å². The zero-order valence-corrected chi connectivity index (χ0v) is 16.8. The molecule has 0 aromatic carbocycles. The predicted molar refractivity (Wildman–Crippen MR) is 102 cm³/mol. The van der Waals surface area contributed by atoms with Gasteiger partial charge < -0.3 is 14.4 Å². The minimum absolute atomic E-state index is 0.00572. The number of carbonyl (C=O) groups excluding carboxylic acids is 2. The average Bonchev–Trinajstić information content (AvgIpc) is 3.06. The molecule has 2 fully saturated rings. The number of methoxy groups -OCH3 is 1. The fourth-order valence-corrected chi connectivity index (χ4v) is 5.76. The highest BCUT2D eigenvalue weighted by Gasteiger charge is 2.38. The Morgan fingerprint density at radius 1 is 1.18 bits per heavy atom. The fraction of sp³-hybridized carbons (Fsp3) is 0.632. The molecule has 0 N–H and O–H groups in total. The zero-order valence-electron chi connectivity index (χ0n) is 16.0. The van der Waals surface area contributed by atoms with E-state index in [1.807, 2.05) is 0 Å². The number of hydrogen-bond donors (Lipinski definition) is 0. The summed E-state index contributed by atoms with van der Waals surface area (Å²) in [6.45, 7) is -0.427. The van der Waals surface area contributed by atoms with Crippen LogP contribution in [0.1, 0.15) is 48.9 Å². The first-order valence-corrected chi connectivity index (χ1v) is 11.4. The zero-order chi connectivity index (χ0) is 20.1. The summed E-state index contributed by atoms with van der Waals surface area (Å²) in [5.74, 6) is -0.822. The second-order valence-electron chi connectivity index (χ2n) is 7.29. The van der Waals surface area contributed by atoms with E-state index in [-0.39, 0.29) is 40.9 Å². The van der Waals surface area contributed by atoms with E-state index in [9.17, 15) is 18.0 Å². The largest absolute Gasteiger partial charge is 0.480 e. The van der Waals surface area contributed by atoms with Crippen molar-refractivity contribution in [2.24, 2.45) is 0 Å². The van der Waals surface area contributed by atoms with Crippen LogP contribution in [0.4, 0.5) is 0 Å². The minimum atomic E-state index is -3.12. The molecule has 2 aliphatic rings. The lowest BCUT2D eigenvalue weighted by molar-refractivity contribution is -0.140. The lowest BCUT2D eigenvalue weighted by atomic mass is 9.93. The van der Waals surface area contributed by atoms with Gasteiger partial charge in [-0.2, -0.15) is 0 Å². The molecular weight excluding hydrogens is 384 g/mol. The maximum Gasteiger partial charge on any atom is 0.344 e. The summed E-state index contributed by atoms with van der Waals surface area (Å²) in [5.41, 5.74) is 0.144. The molecule has 28 heavy (non-hydrogen) atoms. The van der Waals surface area contributed by atoms with Gasteiger partial charge in [-0.1, -0.05) is 19.3 Å². The van der Waals surface area contributed by atoms with Crippen LogP contribution in [0.2, 0.25) is 0 Å². The summed E-state index contributed by atoms with van der Waals surface area (Å²) in [6.07, 6.45) is 6.79. The van der Waals surface area contributed by atoms with Crippen LogP contribution in [0.25, 0.3) is 0 Å². The lowest BCUT2D eigenvalue weighted by Crippen LogP contribution is -2.50. The molecular formula is C19H26N2O6S. The van der Waals surface area contributed by atoms with E-state index in [1.54, 1.807) is 11.0 Å². The van der Waals surface area contributed by atoms with Crippen molar-refractivity contribution in [1.29, 1.82) is 0 Å². The molecule has 1 aromatic rings. The second-order valence-corrected chi connectivity index (χ2v) is 9.51. The van der Waals surface area contributed by atoms with Gasteiger partial charge in [-0.3, -0.25) is 4.79 Å². The highest BCUT2D eigenvalue weighted by Crippen LogP contribution is 2.28. The molecule has 1 atom stereocenters. The van der Waals surface area contributed by atoms with Crippen molar-refractivity contribution >= 4 is 21.7 Å². The minimum Gasteiger partial charge on any atom is -0.480 e. The summed E-state index contributed by atoms with van der Waals surface area (Å²) < 4.78 is 34.1. The molecule has 8 nitrogen and oxygen atoms in total. The van der Waals surface area contributed by atoms with E-state index < -0.39 is 22.4 Å². The fourth-order valence-electron chi connectivity index (χ4n) is 4.05. The molecule has 1 amide bonds. The van der Waals surface area contributed by atoms with Gasteiger partial charge in [0.1, 0.15) is 5.56 Å². The number of rotatable bonds is 6. The van der Waals surface area contributed by atoms with Gasteiger partial charge in [-0.15, -0.1) is 0 Å². The molecule has 154 valence electrons. The van der Waals surface area contributed by atoms with Crippen molar-refractivity contribution in [2.45, 2.75) is 50.6 Å². The van der Waals surface area contributed by atoms with E-state index in [4.69, 9.17) is 9.47 Å². The summed E-state index contributed by atoms with van der Waals surface area (Å²) >= 11 is 0. The molecule has 1 aromatic heterocycles. The van der Waals surface area contributed by atoms with E-state index in [0.29, 0.717) is 6.42 Å². The first kappa shape index (κ1) is 20.6. The molecule has 1 unspecified atom stereocenters. The molecule has 2 heterocycles. The van der Waals surface area contributed by atoms with Crippen molar-refractivity contribution in [2.75, 3.05) is 25.2 Å². The number of hydrogen-bond acceptors (Lipinski definition) is 7. The van der Waals surface area contributed by atoms with Crippen LogP contribution in [0.3, 0.4) is 0 Å².